The number of benzene rings is 2. The molecule has 21 heavy (non-hydrogen) atoms. The molecule has 0 bridgehead atoms. The Morgan fingerprint density at radius 1 is 1.10 bits per heavy atom. The molecule has 0 aromatic heterocycles. The van der Waals surface area contributed by atoms with Crippen molar-refractivity contribution in [1.82, 2.24) is 0 Å². The van der Waals surface area contributed by atoms with Crippen LogP contribution in [0.2, 0.25) is 0 Å². The maximum absolute atomic E-state index is 13.7. The average molecular weight is 295 g/mol. The molecule has 0 aliphatic heterocycles. The van der Waals surface area contributed by atoms with Gasteiger partial charge in [0.15, 0.2) is 11.6 Å². The van der Waals surface area contributed by atoms with Gasteiger partial charge in [0.2, 0.25) is 0 Å². The number of hydrogen-bond acceptors (Lipinski definition) is 2. The van der Waals surface area contributed by atoms with E-state index in [4.69, 9.17) is 4.74 Å². The monoisotopic (exact) mass is 295 g/mol. The molecular weight excluding hydrogens is 279 g/mol. The Morgan fingerprint density at radius 2 is 1.81 bits per heavy atom. The number of anilines is 1. The normalized spacial score (nSPS) is 12.1. The smallest absolute Gasteiger partial charge is 0.182 e. The minimum absolute atomic E-state index is 0.220. The van der Waals surface area contributed by atoms with Crippen molar-refractivity contribution in [2.75, 3.05) is 12.4 Å². The van der Waals surface area contributed by atoms with Crippen molar-refractivity contribution >= 4 is 5.69 Å². The Balaban J connectivity index is 2.32. The molecule has 0 saturated heterocycles. The number of halogens is 3. The lowest BCUT2D eigenvalue weighted by Gasteiger charge is -2.19. The van der Waals surface area contributed by atoms with Gasteiger partial charge in [0.1, 0.15) is 11.6 Å². The van der Waals surface area contributed by atoms with E-state index in [1.807, 2.05) is 25.1 Å². The molecule has 0 spiro atoms. The fraction of sp³-hybridized carbons (Fsp3) is 0.250. The van der Waals surface area contributed by atoms with E-state index in [0.717, 1.165) is 17.2 Å². The number of aryl methyl sites for hydroxylation is 1. The Hall–Kier alpha value is -2.17. The number of ether oxygens (including phenoxy) is 1. The molecule has 2 nitrogen and oxygen atoms in total. The molecule has 0 saturated carbocycles. The molecule has 0 heterocycles. The van der Waals surface area contributed by atoms with Crippen molar-refractivity contribution in [3.8, 4) is 5.75 Å². The molecular formula is C16H16F3NO. The van der Waals surface area contributed by atoms with Gasteiger partial charge in [0.25, 0.3) is 0 Å². The van der Waals surface area contributed by atoms with Gasteiger partial charge in [0.05, 0.1) is 18.8 Å². The minimum atomic E-state index is -1.22. The second-order valence-corrected chi connectivity index (χ2v) is 4.86. The third-order valence-electron chi connectivity index (χ3n) is 3.22. The summed E-state index contributed by atoms with van der Waals surface area (Å²) in [5, 5.41) is 2.77. The van der Waals surface area contributed by atoms with Gasteiger partial charge in [-0.1, -0.05) is 12.1 Å². The third-order valence-corrected chi connectivity index (χ3v) is 3.22. The van der Waals surface area contributed by atoms with E-state index in [2.05, 4.69) is 5.32 Å². The summed E-state index contributed by atoms with van der Waals surface area (Å²) < 4.78 is 45.3. The third kappa shape index (κ3) is 3.29. The average Bonchev–Trinajstić information content (AvgIpc) is 2.43. The summed E-state index contributed by atoms with van der Waals surface area (Å²) in [4.78, 5) is 0. The molecule has 0 aliphatic carbocycles. The van der Waals surface area contributed by atoms with Gasteiger partial charge in [-0.15, -0.1) is 0 Å². The highest BCUT2D eigenvalue weighted by Crippen LogP contribution is 2.30. The Morgan fingerprint density at radius 3 is 2.48 bits per heavy atom. The molecule has 1 atom stereocenters. The number of rotatable bonds is 4. The molecule has 0 aliphatic rings. The van der Waals surface area contributed by atoms with Crippen LogP contribution in [0.1, 0.15) is 24.1 Å². The van der Waals surface area contributed by atoms with Crippen LogP contribution in [0.5, 0.6) is 5.75 Å². The van der Waals surface area contributed by atoms with E-state index in [1.54, 1.807) is 6.92 Å². The highest BCUT2D eigenvalue weighted by molar-refractivity contribution is 5.50. The van der Waals surface area contributed by atoms with Crippen molar-refractivity contribution in [3.05, 3.63) is 58.9 Å². The number of methoxy groups -OCH3 is 1. The summed E-state index contributed by atoms with van der Waals surface area (Å²) in [6.45, 7) is 3.68. The van der Waals surface area contributed by atoms with Gasteiger partial charge in [-0.3, -0.25) is 0 Å². The molecule has 5 heteroatoms. The summed E-state index contributed by atoms with van der Waals surface area (Å²) in [6.07, 6.45) is 0. The van der Waals surface area contributed by atoms with Crippen LogP contribution in [0, 0.1) is 24.4 Å². The largest absolute Gasteiger partial charge is 0.496 e. The van der Waals surface area contributed by atoms with E-state index in [9.17, 15) is 13.2 Å². The Labute approximate surface area is 121 Å². The zero-order valence-electron chi connectivity index (χ0n) is 12.0. The van der Waals surface area contributed by atoms with Gasteiger partial charge in [-0.2, -0.15) is 0 Å². The maximum atomic E-state index is 13.7. The molecule has 0 fully saturated rings. The number of hydrogen-bond donors (Lipinski definition) is 1. The topological polar surface area (TPSA) is 21.3 Å². The Bertz CT molecular complexity index is 658. The van der Waals surface area contributed by atoms with Gasteiger partial charge in [0, 0.05) is 17.7 Å². The highest BCUT2D eigenvalue weighted by atomic mass is 19.2. The van der Waals surface area contributed by atoms with Crippen molar-refractivity contribution in [2.24, 2.45) is 0 Å². The van der Waals surface area contributed by atoms with Gasteiger partial charge in [-0.25, -0.2) is 13.2 Å². The van der Waals surface area contributed by atoms with E-state index in [1.165, 1.54) is 7.11 Å². The van der Waals surface area contributed by atoms with Gasteiger partial charge in [-0.05, 0) is 25.5 Å². The molecule has 1 unspecified atom stereocenters. The quantitative estimate of drug-likeness (QED) is 0.833. The molecule has 112 valence electrons. The van der Waals surface area contributed by atoms with Crippen LogP contribution in [0.25, 0.3) is 0 Å². The van der Waals surface area contributed by atoms with E-state index < -0.39 is 17.5 Å². The minimum Gasteiger partial charge on any atom is -0.496 e. The fourth-order valence-electron chi connectivity index (χ4n) is 2.15. The van der Waals surface area contributed by atoms with E-state index in [0.29, 0.717) is 11.8 Å². The van der Waals surface area contributed by atoms with Crippen LogP contribution in [-0.4, -0.2) is 7.11 Å². The molecule has 2 rings (SSSR count). The fourth-order valence-corrected chi connectivity index (χ4v) is 2.15. The predicted octanol–water partition coefficient (Wildman–Crippen LogP) is 4.59. The first-order valence-corrected chi connectivity index (χ1v) is 6.48. The first-order chi connectivity index (χ1) is 9.92. The molecule has 2 aromatic carbocycles. The zero-order chi connectivity index (χ0) is 15.6. The highest BCUT2D eigenvalue weighted by Gasteiger charge is 2.16. The molecule has 0 amide bonds. The summed E-state index contributed by atoms with van der Waals surface area (Å²) in [6, 6.07) is 6.62. The van der Waals surface area contributed by atoms with E-state index in [-0.39, 0.29) is 11.7 Å². The van der Waals surface area contributed by atoms with Crippen LogP contribution >= 0.6 is 0 Å². The molecule has 0 radical (unpaired) electrons. The Kier molecular flexibility index (Phi) is 4.40. The summed E-state index contributed by atoms with van der Waals surface area (Å²) in [7, 11) is 1.54. The lowest BCUT2D eigenvalue weighted by molar-refractivity contribution is 0.407. The standard InChI is InChI=1S/C16H16F3NO/c1-9-4-5-12(15(6-9)21-3)10(2)20-14-8-11(17)7-13(18)16(14)19/h4-8,10,20H,1-3H3. The lowest BCUT2D eigenvalue weighted by atomic mass is 10.0. The molecule has 2 aromatic rings. The first-order valence-electron chi connectivity index (χ1n) is 6.48. The molecule has 1 N–H and O–H groups in total. The van der Waals surface area contributed by atoms with Gasteiger partial charge < -0.3 is 10.1 Å². The maximum Gasteiger partial charge on any atom is 0.182 e. The lowest BCUT2D eigenvalue weighted by Crippen LogP contribution is -2.10. The van der Waals surface area contributed by atoms with Crippen molar-refractivity contribution in [3.63, 3.8) is 0 Å². The van der Waals surface area contributed by atoms with Crippen molar-refractivity contribution in [1.29, 1.82) is 0 Å². The van der Waals surface area contributed by atoms with Crippen LogP contribution < -0.4 is 10.1 Å². The van der Waals surface area contributed by atoms with Crippen molar-refractivity contribution < 1.29 is 17.9 Å². The first kappa shape index (κ1) is 15.2. The summed E-state index contributed by atoms with van der Waals surface area (Å²) in [5.74, 6) is -2.53. The van der Waals surface area contributed by atoms with Crippen LogP contribution in [0.4, 0.5) is 18.9 Å². The second-order valence-electron chi connectivity index (χ2n) is 4.86. The predicted molar refractivity (Wildman–Crippen MR) is 76.1 cm³/mol. The second kappa shape index (κ2) is 6.08. The van der Waals surface area contributed by atoms with Crippen LogP contribution in [0.3, 0.4) is 0 Å². The van der Waals surface area contributed by atoms with Gasteiger partial charge >= 0.3 is 0 Å². The zero-order valence-corrected chi connectivity index (χ0v) is 12.0. The summed E-state index contributed by atoms with van der Waals surface area (Å²) in [5.41, 5.74) is 1.57. The SMILES string of the molecule is COc1cc(C)ccc1C(C)Nc1cc(F)cc(F)c1F. The van der Waals surface area contributed by atoms with Crippen molar-refractivity contribution in [2.45, 2.75) is 19.9 Å². The van der Waals surface area contributed by atoms with Crippen LogP contribution in [-0.2, 0) is 0 Å². The number of nitrogens with one attached hydrogen (secondary N) is 1. The van der Waals surface area contributed by atoms with Crippen LogP contribution in [0.15, 0.2) is 30.3 Å². The van der Waals surface area contributed by atoms with E-state index >= 15 is 0 Å². The summed E-state index contributed by atoms with van der Waals surface area (Å²) >= 11 is 0.